The Hall–Kier alpha value is -4.86. The summed E-state index contributed by atoms with van der Waals surface area (Å²) in [5, 5.41) is 20.2. The molecule has 0 saturated carbocycles. The normalized spacial score (nSPS) is 11.1. The minimum absolute atomic E-state index is 0.0858. The Morgan fingerprint density at radius 3 is 2.11 bits per heavy atom. The molecule has 0 heterocycles. The zero-order valence-electron chi connectivity index (χ0n) is 18.9. The number of carboxylic acids is 1. The van der Waals surface area contributed by atoms with E-state index in [1.165, 1.54) is 31.4 Å². The molecule has 3 aromatic rings. The van der Waals surface area contributed by atoms with E-state index in [1.807, 2.05) is 0 Å². The molecule has 0 spiro atoms. The molecular weight excluding hydrogens is 454 g/mol. The summed E-state index contributed by atoms with van der Waals surface area (Å²) in [5.74, 6) is -1.67. The van der Waals surface area contributed by atoms with Crippen LogP contribution in [-0.4, -0.2) is 36.0 Å². The highest BCUT2D eigenvalue weighted by Crippen LogP contribution is 2.35. The minimum Gasteiger partial charge on any atom is -0.493 e. The van der Waals surface area contributed by atoms with Gasteiger partial charge in [0, 0.05) is 18.2 Å². The van der Waals surface area contributed by atoms with Crippen LogP contribution in [0, 0.1) is 5.41 Å². The van der Waals surface area contributed by atoms with Crippen LogP contribution in [0.1, 0.15) is 34.5 Å². The van der Waals surface area contributed by atoms with Crippen molar-refractivity contribution in [3.8, 4) is 17.2 Å². The molecule has 0 aliphatic rings. The van der Waals surface area contributed by atoms with E-state index in [0.29, 0.717) is 34.1 Å². The molecule has 0 amide bonds. The molecule has 1 unspecified atom stereocenters. The first kappa shape index (κ1) is 24.8. The first-order valence-electron chi connectivity index (χ1n) is 10.3. The number of nitrogen functional groups attached to an aromatic ring is 1. The smallest absolute Gasteiger partial charge is 0.345 e. The van der Waals surface area contributed by atoms with Crippen LogP contribution in [0.3, 0.4) is 0 Å². The maximum absolute atomic E-state index is 12.0. The van der Waals surface area contributed by atoms with Gasteiger partial charge in [-0.3, -0.25) is 10.2 Å². The number of esters is 2. The number of nitrogens with two attached hydrogens (primary N) is 1. The van der Waals surface area contributed by atoms with Crippen LogP contribution in [-0.2, 0) is 14.3 Å². The number of hydrogen-bond acceptors (Lipinski definition) is 8. The maximum Gasteiger partial charge on any atom is 0.345 e. The summed E-state index contributed by atoms with van der Waals surface area (Å²) < 4.78 is 15.7. The third-order valence-corrected chi connectivity index (χ3v) is 4.83. The van der Waals surface area contributed by atoms with Crippen LogP contribution in [0.2, 0.25) is 0 Å². The summed E-state index contributed by atoms with van der Waals surface area (Å²) in [6.07, 6.45) is 0. The van der Waals surface area contributed by atoms with Crippen molar-refractivity contribution in [1.82, 2.24) is 0 Å². The predicted octanol–water partition coefficient (Wildman–Crippen LogP) is 3.71. The molecule has 0 radical (unpaired) electrons. The summed E-state index contributed by atoms with van der Waals surface area (Å²) in [5.41, 5.74) is 7.11. The average molecular weight is 477 g/mol. The molecule has 35 heavy (non-hydrogen) atoms. The lowest BCUT2D eigenvalue weighted by Crippen LogP contribution is -2.20. The van der Waals surface area contributed by atoms with Crippen LogP contribution in [0.4, 0.5) is 5.69 Å². The SMILES string of the molecule is COc1cc(C(Nc2ccc(C(=N)N)cc2)C(=O)O)ccc1Oc1ccc(C(=O)OC(C)=O)cc1. The van der Waals surface area contributed by atoms with Gasteiger partial charge in [-0.25, -0.2) is 9.59 Å². The van der Waals surface area contributed by atoms with Gasteiger partial charge in [-0.05, 0) is 66.2 Å². The zero-order chi connectivity index (χ0) is 25.5. The van der Waals surface area contributed by atoms with Crippen molar-refractivity contribution in [3.63, 3.8) is 0 Å². The van der Waals surface area contributed by atoms with Crippen molar-refractivity contribution < 1.29 is 33.7 Å². The molecular formula is C25H23N3O7. The summed E-state index contributed by atoms with van der Waals surface area (Å²) in [6.45, 7) is 1.14. The minimum atomic E-state index is -1.11. The van der Waals surface area contributed by atoms with Gasteiger partial charge in [0.2, 0.25) is 0 Å². The van der Waals surface area contributed by atoms with Crippen molar-refractivity contribution in [2.24, 2.45) is 5.73 Å². The van der Waals surface area contributed by atoms with Gasteiger partial charge in [0.15, 0.2) is 17.5 Å². The van der Waals surface area contributed by atoms with Crippen LogP contribution < -0.4 is 20.5 Å². The summed E-state index contributed by atoms with van der Waals surface area (Å²) in [7, 11) is 1.43. The number of amidine groups is 1. The van der Waals surface area contributed by atoms with Crippen LogP contribution in [0.25, 0.3) is 0 Å². The van der Waals surface area contributed by atoms with Gasteiger partial charge in [-0.2, -0.15) is 0 Å². The number of ether oxygens (including phenoxy) is 3. The molecule has 0 aliphatic heterocycles. The fourth-order valence-electron chi connectivity index (χ4n) is 3.12. The van der Waals surface area contributed by atoms with Gasteiger partial charge in [-0.15, -0.1) is 0 Å². The van der Waals surface area contributed by atoms with Crippen LogP contribution in [0.15, 0.2) is 66.7 Å². The van der Waals surface area contributed by atoms with Gasteiger partial charge >= 0.3 is 17.9 Å². The molecule has 3 aromatic carbocycles. The third-order valence-electron chi connectivity index (χ3n) is 4.83. The first-order valence-corrected chi connectivity index (χ1v) is 10.3. The Bertz CT molecular complexity index is 1260. The highest BCUT2D eigenvalue weighted by atomic mass is 16.6. The first-order chi connectivity index (χ1) is 16.7. The van der Waals surface area contributed by atoms with Crippen LogP contribution >= 0.6 is 0 Å². The molecule has 0 aliphatic carbocycles. The second kappa shape index (κ2) is 10.8. The van der Waals surface area contributed by atoms with Gasteiger partial charge in [0.1, 0.15) is 11.6 Å². The summed E-state index contributed by atoms with van der Waals surface area (Å²) >= 11 is 0. The lowest BCUT2D eigenvalue weighted by molar-refractivity contribution is -0.138. The lowest BCUT2D eigenvalue weighted by Gasteiger charge is -2.18. The fourth-order valence-corrected chi connectivity index (χ4v) is 3.12. The van der Waals surface area contributed by atoms with Gasteiger partial charge in [0.05, 0.1) is 12.7 Å². The Morgan fingerprint density at radius 1 is 0.943 bits per heavy atom. The number of carbonyl (C=O) groups is 3. The monoisotopic (exact) mass is 477 g/mol. The second-order valence-corrected chi connectivity index (χ2v) is 7.32. The number of rotatable bonds is 9. The molecule has 0 bridgehead atoms. The van der Waals surface area contributed by atoms with E-state index in [4.69, 9.17) is 20.6 Å². The zero-order valence-corrected chi connectivity index (χ0v) is 18.9. The van der Waals surface area contributed by atoms with Gasteiger partial charge in [-0.1, -0.05) is 6.07 Å². The van der Waals surface area contributed by atoms with Crippen molar-refractivity contribution in [3.05, 3.63) is 83.4 Å². The lowest BCUT2D eigenvalue weighted by atomic mass is 10.1. The van der Waals surface area contributed by atoms with Crippen molar-refractivity contribution in [2.45, 2.75) is 13.0 Å². The number of carboxylic acid groups (broad SMARTS) is 1. The molecule has 5 N–H and O–H groups in total. The third kappa shape index (κ3) is 6.35. The van der Waals surface area contributed by atoms with Crippen molar-refractivity contribution in [2.75, 3.05) is 12.4 Å². The van der Waals surface area contributed by atoms with Gasteiger partial charge < -0.3 is 30.4 Å². The summed E-state index contributed by atoms with van der Waals surface area (Å²) in [6, 6.07) is 16.1. The number of carbonyl (C=O) groups excluding carboxylic acids is 2. The Labute approximate surface area is 200 Å². The number of hydrogen-bond donors (Lipinski definition) is 4. The number of methoxy groups -OCH3 is 1. The van der Waals surface area contributed by atoms with E-state index in [0.717, 1.165) is 6.92 Å². The van der Waals surface area contributed by atoms with Gasteiger partial charge in [0.25, 0.3) is 0 Å². The molecule has 0 saturated heterocycles. The van der Waals surface area contributed by atoms with E-state index in [9.17, 15) is 19.5 Å². The molecule has 1 atom stereocenters. The fraction of sp³-hybridized carbons (Fsp3) is 0.120. The quantitative estimate of drug-likeness (QED) is 0.156. The van der Waals surface area contributed by atoms with Crippen molar-refractivity contribution in [1.29, 1.82) is 5.41 Å². The largest absolute Gasteiger partial charge is 0.493 e. The van der Waals surface area contributed by atoms with E-state index < -0.39 is 23.9 Å². The molecule has 10 nitrogen and oxygen atoms in total. The van der Waals surface area contributed by atoms with Crippen molar-refractivity contribution >= 4 is 29.4 Å². The van der Waals surface area contributed by atoms with E-state index in [1.54, 1.807) is 42.5 Å². The van der Waals surface area contributed by atoms with E-state index in [-0.39, 0.29) is 11.4 Å². The highest BCUT2D eigenvalue weighted by molar-refractivity contribution is 5.96. The van der Waals surface area contributed by atoms with Crippen LogP contribution in [0.5, 0.6) is 17.2 Å². The number of benzene rings is 3. The number of aliphatic carboxylic acids is 1. The second-order valence-electron chi connectivity index (χ2n) is 7.32. The summed E-state index contributed by atoms with van der Waals surface area (Å²) in [4.78, 5) is 34.7. The molecule has 0 fully saturated rings. The predicted molar refractivity (Wildman–Crippen MR) is 127 cm³/mol. The Balaban J connectivity index is 1.79. The highest BCUT2D eigenvalue weighted by Gasteiger charge is 2.22. The van der Waals surface area contributed by atoms with E-state index in [2.05, 4.69) is 10.1 Å². The number of anilines is 1. The molecule has 3 rings (SSSR count). The molecule has 180 valence electrons. The molecule has 0 aromatic heterocycles. The van der Waals surface area contributed by atoms with E-state index >= 15 is 0 Å². The topological polar surface area (TPSA) is 161 Å². The Morgan fingerprint density at radius 2 is 1.57 bits per heavy atom. The molecule has 10 heteroatoms. The maximum atomic E-state index is 12.0. The Kier molecular flexibility index (Phi) is 7.67. The number of nitrogens with one attached hydrogen (secondary N) is 2. The average Bonchev–Trinajstić information content (AvgIpc) is 2.83. The standard InChI is InChI=1S/C25H23N3O7/c1-14(29)34-25(32)16-5-10-19(11-6-16)35-20-12-7-17(13-21(20)33-2)22(24(30)31)28-18-8-3-15(4-9-18)23(26)27/h3-13,22,28H,1-2H3,(H3,26,27)(H,30,31).